The quantitative estimate of drug-likeness (QED) is 0.470. The number of rotatable bonds is 7. The zero-order chi connectivity index (χ0) is 17.4. The van der Waals surface area contributed by atoms with Crippen molar-refractivity contribution >= 4 is 17.4 Å². The Kier molecular flexibility index (Phi) is 6.32. The summed E-state index contributed by atoms with van der Waals surface area (Å²) in [5, 5.41) is 3.01. The van der Waals surface area contributed by atoms with E-state index >= 15 is 0 Å². The lowest BCUT2D eigenvalue weighted by molar-refractivity contribution is 0.0526. The van der Waals surface area contributed by atoms with E-state index in [1.165, 1.54) is 11.6 Å². The van der Waals surface area contributed by atoms with Gasteiger partial charge in [0.1, 0.15) is 0 Å². The summed E-state index contributed by atoms with van der Waals surface area (Å²) in [5.74, 6) is -0.404. The average molecular weight is 323 g/mol. The van der Waals surface area contributed by atoms with Gasteiger partial charge in [0, 0.05) is 23.5 Å². The third kappa shape index (κ3) is 4.81. The molecule has 0 aromatic heterocycles. The number of ether oxygens (including phenoxy) is 1. The molecule has 0 radical (unpaired) electrons. The maximum Gasteiger partial charge on any atom is 0.338 e. The number of benzene rings is 2. The Hall–Kier alpha value is -2.88. The predicted octanol–water partition coefficient (Wildman–Crippen LogP) is 4.23. The minimum Gasteiger partial charge on any atom is -0.462 e. The Labute approximate surface area is 142 Å². The van der Waals surface area contributed by atoms with E-state index in [9.17, 15) is 9.59 Å². The number of esters is 1. The van der Waals surface area contributed by atoms with Crippen LogP contribution in [0.4, 0.5) is 5.69 Å². The first-order valence-electron chi connectivity index (χ1n) is 7.97. The number of aryl methyl sites for hydroxylation is 1. The van der Waals surface area contributed by atoms with E-state index < -0.39 is 0 Å². The molecule has 0 aliphatic rings. The second-order valence-electron chi connectivity index (χ2n) is 5.19. The largest absolute Gasteiger partial charge is 0.462 e. The second-order valence-corrected chi connectivity index (χ2v) is 5.19. The van der Waals surface area contributed by atoms with Crippen LogP contribution >= 0.6 is 0 Å². The van der Waals surface area contributed by atoms with E-state index in [0.29, 0.717) is 17.7 Å². The summed E-state index contributed by atoms with van der Waals surface area (Å²) >= 11 is 0. The third-order valence-corrected chi connectivity index (χ3v) is 3.53. The molecule has 0 spiro atoms. The van der Waals surface area contributed by atoms with Crippen LogP contribution in [0, 0.1) is 0 Å². The summed E-state index contributed by atoms with van der Waals surface area (Å²) in [6.45, 7) is 4.20. The highest BCUT2D eigenvalue weighted by molar-refractivity contribution is 6.04. The molecule has 0 saturated heterocycles. The van der Waals surface area contributed by atoms with Crippen LogP contribution in [0.25, 0.3) is 0 Å². The minimum atomic E-state index is -0.342. The topological polar surface area (TPSA) is 55.4 Å². The molecule has 0 amide bonds. The van der Waals surface area contributed by atoms with Gasteiger partial charge in [0.25, 0.3) is 0 Å². The summed E-state index contributed by atoms with van der Waals surface area (Å²) in [7, 11) is 0. The average Bonchev–Trinajstić information content (AvgIpc) is 2.62. The van der Waals surface area contributed by atoms with E-state index in [2.05, 4.69) is 12.2 Å². The van der Waals surface area contributed by atoms with Gasteiger partial charge in [0.2, 0.25) is 0 Å². The van der Waals surface area contributed by atoms with Gasteiger partial charge in [-0.2, -0.15) is 0 Å². The lowest BCUT2D eigenvalue weighted by Gasteiger charge is -2.04. The molecular weight excluding hydrogens is 302 g/mol. The van der Waals surface area contributed by atoms with Crippen molar-refractivity contribution in [1.29, 1.82) is 0 Å². The van der Waals surface area contributed by atoms with E-state index in [1.807, 2.05) is 24.3 Å². The first-order chi connectivity index (χ1) is 11.6. The SMILES string of the molecule is CCOC(=O)c1ccc(N/C=C/C(=O)c2ccc(CC)cc2)cc1. The van der Waals surface area contributed by atoms with Crippen molar-refractivity contribution in [2.75, 3.05) is 11.9 Å². The van der Waals surface area contributed by atoms with Crippen molar-refractivity contribution in [3.8, 4) is 0 Å². The molecule has 124 valence electrons. The zero-order valence-electron chi connectivity index (χ0n) is 13.9. The summed E-state index contributed by atoms with van der Waals surface area (Å²) in [6, 6.07) is 14.5. The van der Waals surface area contributed by atoms with Gasteiger partial charge in [-0.25, -0.2) is 4.79 Å². The Morgan fingerprint density at radius 1 is 0.958 bits per heavy atom. The third-order valence-electron chi connectivity index (χ3n) is 3.53. The van der Waals surface area contributed by atoms with Crippen LogP contribution in [0.1, 0.15) is 40.1 Å². The van der Waals surface area contributed by atoms with E-state index in [4.69, 9.17) is 4.74 Å². The molecule has 2 aromatic rings. The van der Waals surface area contributed by atoms with Crippen LogP contribution in [0.5, 0.6) is 0 Å². The monoisotopic (exact) mass is 323 g/mol. The molecule has 0 aliphatic heterocycles. The normalized spacial score (nSPS) is 10.6. The fraction of sp³-hybridized carbons (Fsp3) is 0.200. The van der Waals surface area contributed by atoms with Gasteiger partial charge in [-0.3, -0.25) is 4.79 Å². The van der Waals surface area contributed by atoms with Gasteiger partial charge >= 0.3 is 5.97 Å². The van der Waals surface area contributed by atoms with Crippen molar-refractivity contribution in [2.45, 2.75) is 20.3 Å². The first-order valence-corrected chi connectivity index (χ1v) is 7.97. The number of anilines is 1. The molecule has 0 heterocycles. The van der Waals surface area contributed by atoms with Crippen LogP contribution in [-0.2, 0) is 11.2 Å². The fourth-order valence-corrected chi connectivity index (χ4v) is 2.13. The molecule has 0 fully saturated rings. The van der Waals surface area contributed by atoms with E-state index in [0.717, 1.165) is 12.1 Å². The smallest absolute Gasteiger partial charge is 0.338 e. The molecule has 2 rings (SSSR count). The zero-order valence-corrected chi connectivity index (χ0v) is 13.9. The molecule has 24 heavy (non-hydrogen) atoms. The Morgan fingerprint density at radius 2 is 1.58 bits per heavy atom. The summed E-state index contributed by atoms with van der Waals surface area (Å²) in [4.78, 5) is 23.6. The number of carbonyl (C=O) groups is 2. The molecule has 0 aliphatic carbocycles. The lowest BCUT2D eigenvalue weighted by atomic mass is 10.1. The van der Waals surface area contributed by atoms with Crippen molar-refractivity contribution in [3.05, 3.63) is 77.5 Å². The van der Waals surface area contributed by atoms with Gasteiger partial charge in [-0.05, 0) is 43.2 Å². The maximum absolute atomic E-state index is 12.1. The molecule has 1 N–H and O–H groups in total. The second kappa shape index (κ2) is 8.67. The molecule has 2 aromatic carbocycles. The highest BCUT2D eigenvalue weighted by Crippen LogP contribution is 2.11. The maximum atomic E-state index is 12.1. The summed E-state index contributed by atoms with van der Waals surface area (Å²) in [6.07, 6.45) is 4.03. The molecule has 0 saturated carbocycles. The first kappa shape index (κ1) is 17.5. The Balaban J connectivity index is 1.93. The molecule has 4 heteroatoms. The van der Waals surface area contributed by atoms with Crippen molar-refractivity contribution in [3.63, 3.8) is 0 Å². The van der Waals surface area contributed by atoms with Gasteiger partial charge in [0.15, 0.2) is 5.78 Å². The number of hydrogen-bond acceptors (Lipinski definition) is 4. The predicted molar refractivity (Wildman–Crippen MR) is 95.3 cm³/mol. The molecule has 0 bridgehead atoms. The van der Waals surface area contributed by atoms with E-state index in [1.54, 1.807) is 37.4 Å². The summed E-state index contributed by atoms with van der Waals surface area (Å²) in [5.41, 5.74) is 3.14. The standard InChI is InChI=1S/C20H21NO3/c1-3-15-5-7-16(8-6-15)19(22)13-14-21-18-11-9-17(10-12-18)20(23)24-4-2/h5-14,21H,3-4H2,1-2H3/b14-13+. The van der Waals surface area contributed by atoms with E-state index in [-0.39, 0.29) is 11.8 Å². The molecule has 0 unspecified atom stereocenters. The van der Waals surface area contributed by atoms with Crippen LogP contribution < -0.4 is 5.32 Å². The number of ketones is 1. The van der Waals surface area contributed by atoms with Gasteiger partial charge in [0.05, 0.1) is 12.2 Å². The number of nitrogens with one attached hydrogen (secondary N) is 1. The number of carbonyl (C=O) groups excluding carboxylic acids is 2. The summed E-state index contributed by atoms with van der Waals surface area (Å²) < 4.78 is 4.93. The fourth-order valence-electron chi connectivity index (χ4n) is 2.13. The van der Waals surface area contributed by atoms with Gasteiger partial charge < -0.3 is 10.1 Å². The van der Waals surface area contributed by atoms with Crippen molar-refractivity contribution in [1.82, 2.24) is 0 Å². The van der Waals surface area contributed by atoms with Gasteiger partial charge in [-0.15, -0.1) is 0 Å². The van der Waals surface area contributed by atoms with Crippen LogP contribution in [0.3, 0.4) is 0 Å². The highest BCUT2D eigenvalue weighted by Gasteiger charge is 2.05. The molecule has 4 nitrogen and oxygen atoms in total. The Bertz CT molecular complexity index is 716. The lowest BCUT2D eigenvalue weighted by Crippen LogP contribution is -2.04. The van der Waals surface area contributed by atoms with Crippen LogP contribution in [0.2, 0.25) is 0 Å². The Morgan fingerprint density at radius 3 is 2.17 bits per heavy atom. The minimum absolute atomic E-state index is 0.0618. The van der Waals surface area contributed by atoms with Gasteiger partial charge in [-0.1, -0.05) is 31.2 Å². The van der Waals surface area contributed by atoms with Crippen molar-refractivity contribution in [2.24, 2.45) is 0 Å². The molecule has 0 atom stereocenters. The highest BCUT2D eigenvalue weighted by atomic mass is 16.5. The van der Waals surface area contributed by atoms with Crippen LogP contribution in [-0.4, -0.2) is 18.4 Å². The van der Waals surface area contributed by atoms with Crippen LogP contribution in [0.15, 0.2) is 60.8 Å². The number of hydrogen-bond donors (Lipinski definition) is 1. The number of allylic oxidation sites excluding steroid dienone is 1. The molecular formula is C20H21NO3. The van der Waals surface area contributed by atoms with Crippen molar-refractivity contribution < 1.29 is 14.3 Å².